The molecule has 0 aromatic carbocycles. The highest BCUT2D eigenvalue weighted by molar-refractivity contribution is 6.14. The van der Waals surface area contributed by atoms with E-state index in [1.54, 1.807) is 0 Å². The topological polar surface area (TPSA) is 76.8 Å². The van der Waals surface area contributed by atoms with Gasteiger partial charge in [0.05, 0.1) is 23.9 Å². The largest absolute Gasteiger partial charge is 0.434 e. The summed E-state index contributed by atoms with van der Waals surface area (Å²) in [5.41, 5.74) is -2.48. The van der Waals surface area contributed by atoms with Crippen molar-refractivity contribution < 1.29 is 22.4 Å². The Balaban J connectivity index is 1.29. The number of fused-ring (bicyclic) bond motifs is 1. The number of alkyl halides is 4. The zero-order chi connectivity index (χ0) is 23.8. The molecule has 1 amide bonds. The maximum absolute atomic E-state index is 13.5. The molecule has 1 fully saturated rings. The first-order chi connectivity index (χ1) is 15.5. The Hall–Kier alpha value is -2.79. The van der Waals surface area contributed by atoms with Gasteiger partial charge in [0.2, 0.25) is 0 Å². The van der Waals surface area contributed by atoms with Crippen LogP contribution in [0.3, 0.4) is 0 Å². The molecule has 1 unspecified atom stereocenters. The third-order valence-corrected chi connectivity index (χ3v) is 5.82. The molecule has 12 heteroatoms. The molecule has 1 aliphatic heterocycles. The Kier molecular flexibility index (Phi) is 6.28. The first kappa shape index (κ1) is 23.4. The van der Waals surface area contributed by atoms with E-state index < -0.39 is 17.4 Å². The minimum atomic E-state index is -4.47. The lowest BCUT2D eigenvalue weighted by atomic mass is 9.86. The fraction of sp³-hybridized carbons (Fsp3) is 0.571. The highest BCUT2D eigenvalue weighted by Crippen LogP contribution is 2.31. The molecule has 2 aliphatic rings. The number of aromatic nitrogens is 4. The van der Waals surface area contributed by atoms with Gasteiger partial charge in [0.15, 0.2) is 5.69 Å². The molecule has 0 spiro atoms. The van der Waals surface area contributed by atoms with Crippen LogP contribution in [0.1, 0.15) is 60.9 Å². The van der Waals surface area contributed by atoms with Crippen LogP contribution in [0.15, 0.2) is 24.7 Å². The number of nitrogens with zero attached hydrogens (tertiary/aromatic N) is 4. The van der Waals surface area contributed by atoms with E-state index in [0.29, 0.717) is 30.1 Å². The molecule has 2 N–H and O–H groups in total. The molecule has 33 heavy (non-hydrogen) atoms. The van der Waals surface area contributed by atoms with Gasteiger partial charge in [-0.15, -0.1) is 0 Å². The Bertz CT molecular complexity index is 1030. The van der Waals surface area contributed by atoms with E-state index in [1.807, 2.05) is 6.08 Å². The number of carbonyl (C=O) groups excluding carboxylic acids is 1. The second kappa shape index (κ2) is 8.87. The number of carbonyl (C=O) groups is 1. The maximum Gasteiger partial charge on any atom is 0.434 e. The van der Waals surface area contributed by atoms with Gasteiger partial charge in [-0.25, -0.2) is 4.98 Å². The van der Waals surface area contributed by atoms with Crippen LogP contribution < -0.4 is 10.6 Å². The molecule has 2 radical (unpaired) electrons. The molecule has 2 aromatic rings. The van der Waals surface area contributed by atoms with Crippen LogP contribution in [0, 0.1) is 0 Å². The van der Waals surface area contributed by atoms with Crippen molar-refractivity contribution in [2.45, 2.75) is 75.8 Å². The zero-order valence-electron chi connectivity index (χ0n) is 18.2. The summed E-state index contributed by atoms with van der Waals surface area (Å²) in [6.07, 6.45) is 5.34. The van der Waals surface area contributed by atoms with Crippen LogP contribution in [0.2, 0.25) is 0 Å². The molecule has 0 saturated heterocycles. The average molecular weight is 464 g/mol. The van der Waals surface area contributed by atoms with E-state index in [-0.39, 0.29) is 24.5 Å². The molecule has 7 nitrogen and oxygen atoms in total. The molecule has 3 heterocycles. The van der Waals surface area contributed by atoms with Crippen LogP contribution in [0.25, 0.3) is 5.82 Å². The summed E-state index contributed by atoms with van der Waals surface area (Å²) in [5, 5.41) is 10.3. The molecular formula is C21H25BF4N6O. The van der Waals surface area contributed by atoms with E-state index >= 15 is 0 Å². The van der Waals surface area contributed by atoms with Crippen molar-refractivity contribution in [3.05, 3.63) is 41.7 Å². The molecule has 4 rings (SSSR count). The van der Waals surface area contributed by atoms with Crippen LogP contribution in [-0.2, 0) is 19.1 Å². The number of imidazole rings is 1. The highest BCUT2D eigenvalue weighted by atomic mass is 19.4. The molecule has 1 aliphatic carbocycles. The van der Waals surface area contributed by atoms with Crippen molar-refractivity contribution in [3.8, 4) is 0 Å². The van der Waals surface area contributed by atoms with Crippen LogP contribution in [-0.4, -0.2) is 50.7 Å². The van der Waals surface area contributed by atoms with Crippen molar-refractivity contribution in [1.29, 1.82) is 0 Å². The van der Waals surface area contributed by atoms with Gasteiger partial charge in [0, 0.05) is 30.9 Å². The number of amides is 1. The predicted octanol–water partition coefficient (Wildman–Crippen LogP) is 3.03. The fourth-order valence-electron chi connectivity index (χ4n) is 4.25. The van der Waals surface area contributed by atoms with E-state index in [2.05, 4.69) is 20.7 Å². The van der Waals surface area contributed by atoms with Gasteiger partial charge in [-0.3, -0.25) is 18.4 Å². The van der Waals surface area contributed by atoms with Gasteiger partial charge < -0.3 is 10.6 Å². The number of hydrogen-bond donors (Lipinski definition) is 2. The number of rotatable bonds is 6. The second-order valence-corrected chi connectivity index (χ2v) is 8.91. The van der Waals surface area contributed by atoms with E-state index in [0.717, 1.165) is 31.9 Å². The second-order valence-electron chi connectivity index (χ2n) is 8.91. The van der Waals surface area contributed by atoms with E-state index in [1.165, 1.54) is 28.6 Å². The number of aryl methyl sites for hydroxylation is 1. The fourth-order valence-corrected chi connectivity index (χ4v) is 4.25. The summed E-state index contributed by atoms with van der Waals surface area (Å²) in [5.74, 6) is 0.739. The van der Waals surface area contributed by atoms with Gasteiger partial charge in [-0.1, -0.05) is 0 Å². The van der Waals surface area contributed by atoms with Crippen molar-refractivity contribution in [2.24, 2.45) is 0 Å². The SMILES string of the molecule is [B]C(C)(F)Cn1cc(C(=O)NC2CCC(NC3=CCCc4nc(C(F)(F)F)cn43)CC2)cn1. The summed E-state index contributed by atoms with van der Waals surface area (Å²) in [6, 6.07) is 0.0578. The highest BCUT2D eigenvalue weighted by Gasteiger charge is 2.36. The van der Waals surface area contributed by atoms with Gasteiger partial charge in [0.25, 0.3) is 5.91 Å². The number of nitrogens with one attached hydrogen (secondary N) is 2. The molecule has 176 valence electrons. The summed E-state index contributed by atoms with van der Waals surface area (Å²) in [4.78, 5) is 16.2. The minimum absolute atomic E-state index is 0.0270. The lowest BCUT2D eigenvalue weighted by Crippen LogP contribution is -2.42. The Morgan fingerprint density at radius 2 is 1.88 bits per heavy atom. The number of hydrogen-bond acceptors (Lipinski definition) is 4. The monoisotopic (exact) mass is 464 g/mol. The van der Waals surface area contributed by atoms with E-state index in [4.69, 9.17) is 7.85 Å². The lowest BCUT2D eigenvalue weighted by Gasteiger charge is -2.32. The summed E-state index contributed by atoms with van der Waals surface area (Å²) >= 11 is 0. The Labute approximate surface area is 190 Å². The smallest absolute Gasteiger partial charge is 0.369 e. The van der Waals surface area contributed by atoms with Crippen molar-refractivity contribution >= 4 is 19.6 Å². The van der Waals surface area contributed by atoms with Crippen molar-refractivity contribution in [1.82, 2.24) is 30.0 Å². The molecule has 1 atom stereocenters. The summed E-state index contributed by atoms with van der Waals surface area (Å²) in [7, 11) is 5.34. The van der Waals surface area contributed by atoms with E-state index in [9.17, 15) is 22.4 Å². The van der Waals surface area contributed by atoms with Gasteiger partial charge in [0.1, 0.15) is 19.5 Å². The van der Waals surface area contributed by atoms with Gasteiger partial charge in [-0.2, -0.15) is 18.3 Å². The summed E-state index contributed by atoms with van der Waals surface area (Å²) < 4.78 is 55.4. The lowest BCUT2D eigenvalue weighted by molar-refractivity contribution is -0.141. The Morgan fingerprint density at radius 1 is 1.18 bits per heavy atom. The number of halogens is 4. The first-order valence-corrected chi connectivity index (χ1v) is 10.9. The third-order valence-electron chi connectivity index (χ3n) is 5.82. The minimum Gasteiger partial charge on any atom is -0.369 e. The van der Waals surface area contributed by atoms with Gasteiger partial charge in [-0.05, 0) is 45.1 Å². The summed E-state index contributed by atoms with van der Waals surface area (Å²) in [6.45, 7) is 1.07. The van der Waals surface area contributed by atoms with Crippen molar-refractivity contribution in [2.75, 3.05) is 0 Å². The normalized spacial score (nSPS) is 22.8. The Morgan fingerprint density at radius 3 is 2.55 bits per heavy atom. The predicted molar refractivity (Wildman–Crippen MR) is 114 cm³/mol. The number of allylic oxidation sites excluding steroid dienone is 1. The van der Waals surface area contributed by atoms with Gasteiger partial charge >= 0.3 is 6.18 Å². The zero-order valence-corrected chi connectivity index (χ0v) is 18.2. The average Bonchev–Trinajstić information content (AvgIpc) is 3.35. The standard InChI is InChI=1S/C21H25BF4N6O/c1-20(22,23)12-31-10-13(9-27-31)19(33)29-15-7-5-14(6-8-15)28-17-3-2-4-18-30-16(11-32(17)18)21(24,25)26/h3,9-11,14-15,28H,2,4-8,12H2,1H3,(H,29,33). The van der Waals surface area contributed by atoms with Crippen molar-refractivity contribution in [3.63, 3.8) is 0 Å². The molecule has 1 saturated carbocycles. The third kappa shape index (κ3) is 5.77. The molecular weight excluding hydrogens is 439 g/mol. The quantitative estimate of drug-likeness (QED) is 0.509. The van der Waals surface area contributed by atoms with Crippen LogP contribution in [0.5, 0.6) is 0 Å². The van der Waals surface area contributed by atoms with Crippen LogP contribution in [0.4, 0.5) is 17.6 Å². The maximum atomic E-state index is 13.5. The molecule has 2 aromatic heterocycles. The first-order valence-electron chi connectivity index (χ1n) is 10.9. The van der Waals surface area contributed by atoms with Crippen LogP contribution >= 0.6 is 0 Å². The molecule has 0 bridgehead atoms.